The maximum atomic E-state index is 14.1. The summed E-state index contributed by atoms with van der Waals surface area (Å²) in [6.07, 6.45) is 1.38. The Morgan fingerprint density at radius 1 is 1.20 bits per heavy atom. The van der Waals surface area contributed by atoms with Crippen molar-refractivity contribution in [3.63, 3.8) is 0 Å². The fraction of sp³-hybridized carbons (Fsp3) is 0.242. The minimum Gasteiger partial charge on any atom is -0.491 e. The van der Waals surface area contributed by atoms with Crippen molar-refractivity contribution in [1.82, 2.24) is 4.57 Å². The molecule has 0 N–H and O–H groups in total. The molecule has 5 rings (SSSR count). The molecule has 1 aliphatic rings. The summed E-state index contributed by atoms with van der Waals surface area (Å²) >= 11 is 10.8. The number of fused-ring (bicyclic) bond motifs is 1. The van der Waals surface area contributed by atoms with Gasteiger partial charge in [0.05, 0.1) is 37.9 Å². The summed E-state index contributed by atoms with van der Waals surface area (Å²) in [5.74, 6) is -0.0465. The van der Waals surface area contributed by atoms with E-state index in [1.54, 1.807) is 62.4 Å². The van der Waals surface area contributed by atoms with Crippen molar-refractivity contribution >= 4 is 56.6 Å². The number of allylic oxidation sites excluding steroid dienone is 1. The van der Waals surface area contributed by atoms with Gasteiger partial charge in [-0.15, -0.1) is 0 Å². The van der Waals surface area contributed by atoms with Crippen molar-refractivity contribution in [2.24, 2.45) is 4.99 Å². The van der Waals surface area contributed by atoms with E-state index in [9.17, 15) is 19.7 Å². The Morgan fingerprint density at radius 2 is 1.91 bits per heavy atom. The minimum atomic E-state index is -0.881. The number of rotatable bonds is 10. The van der Waals surface area contributed by atoms with Gasteiger partial charge in [-0.1, -0.05) is 59.3 Å². The summed E-state index contributed by atoms with van der Waals surface area (Å²) in [5, 5.41) is 12.6. The zero-order chi connectivity index (χ0) is 33.1. The summed E-state index contributed by atoms with van der Waals surface area (Å²) in [7, 11) is 0. The standard InChI is InChI=1S/C33H29BrClN3O7S/c1-5-43-32(40)28-19(4)36-33-37(29(28)22-11-7-9-13-26(22)45-18(2)3)31(39)27(46-33)16-20-14-23(34)30(25(15-20)38(41)42)44-17-21-10-6-8-12-24(21)35/h6-16,18,29H,5,17H2,1-4H3/b27-16-/t29-/m1/s1. The molecule has 0 bridgehead atoms. The number of carbonyl (C=O) groups excluding carboxylic acids is 1. The van der Waals surface area contributed by atoms with Gasteiger partial charge in [-0.2, -0.15) is 0 Å². The highest BCUT2D eigenvalue weighted by Gasteiger charge is 2.35. The lowest BCUT2D eigenvalue weighted by atomic mass is 9.95. The summed E-state index contributed by atoms with van der Waals surface area (Å²) in [5.41, 5.74) is 1.56. The van der Waals surface area contributed by atoms with Gasteiger partial charge in [-0.25, -0.2) is 9.79 Å². The van der Waals surface area contributed by atoms with E-state index in [2.05, 4.69) is 20.9 Å². The molecule has 0 saturated carbocycles. The average Bonchev–Trinajstić information content (AvgIpc) is 3.30. The van der Waals surface area contributed by atoms with Gasteiger partial charge in [0.25, 0.3) is 5.56 Å². The Balaban J connectivity index is 1.64. The topological polar surface area (TPSA) is 122 Å². The number of para-hydroxylation sites is 1. The highest BCUT2D eigenvalue weighted by atomic mass is 79.9. The van der Waals surface area contributed by atoms with Gasteiger partial charge >= 0.3 is 11.7 Å². The Hall–Kier alpha value is -4.26. The monoisotopic (exact) mass is 725 g/mol. The molecule has 4 aromatic rings. The zero-order valence-corrected chi connectivity index (χ0v) is 28.4. The van der Waals surface area contributed by atoms with Crippen LogP contribution in [-0.4, -0.2) is 28.2 Å². The van der Waals surface area contributed by atoms with Crippen molar-refractivity contribution in [2.45, 2.75) is 46.4 Å². The highest BCUT2D eigenvalue weighted by molar-refractivity contribution is 9.10. The summed E-state index contributed by atoms with van der Waals surface area (Å²) < 4.78 is 19.3. The number of hydrogen-bond acceptors (Lipinski definition) is 9. The summed E-state index contributed by atoms with van der Waals surface area (Å²) in [6, 6.07) is 16.4. The average molecular weight is 727 g/mol. The van der Waals surface area contributed by atoms with Crippen molar-refractivity contribution in [3.05, 3.63) is 128 Å². The molecule has 0 aliphatic carbocycles. The van der Waals surface area contributed by atoms with E-state index in [0.29, 0.717) is 42.4 Å². The predicted molar refractivity (Wildman–Crippen MR) is 179 cm³/mol. The third-order valence-corrected chi connectivity index (χ3v) is 8.90. The number of carbonyl (C=O) groups is 1. The first kappa shape index (κ1) is 33.1. The molecular weight excluding hydrogens is 698 g/mol. The molecule has 1 aliphatic heterocycles. The fourth-order valence-corrected chi connectivity index (χ4v) is 6.85. The number of hydrogen-bond donors (Lipinski definition) is 0. The van der Waals surface area contributed by atoms with Crippen LogP contribution in [0.25, 0.3) is 6.08 Å². The van der Waals surface area contributed by atoms with Crippen molar-refractivity contribution < 1.29 is 23.9 Å². The number of ether oxygens (including phenoxy) is 3. The number of nitro groups is 1. The van der Waals surface area contributed by atoms with E-state index in [4.69, 9.17) is 25.8 Å². The molecule has 13 heteroatoms. The number of esters is 1. The Labute approximate surface area is 281 Å². The molecule has 0 fully saturated rings. The van der Waals surface area contributed by atoms with Crippen molar-refractivity contribution in [3.8, 4) is 11.5 Å². The molecule has 3 aromatic carbocycles. The second-order valence-electron chi connectivity index (χ2n) is 10.5. The number of benzene rings is 3. The van der Waals surface area contributed by atoms with Crippen LogP contribution in [0.1, 0.15) is 50.4 Å². The molecule has 1 aromatic heterocycles. The molecule has 0 amide bonds. The van der Waals surface area contributed by atoms with Gasteiger partial charge in [0.2, 0.25) is 5.75 Å². The van der Waals surface area contributed by atoms with E-state index in [0.717, 1.165) is 11.3 Å². The molecule has 0 radical (unpaired) electrons. The van der Waals surface area contributed by atoms with Crippen molar-refractivity contribution in [1.29, 1.82) is 0 Å². The van der Waals surface area contributed by atoms with Crippen LogP contribution in [0, 0.1) is 10.1 Å². The Kier molecular flexibility index (Phi) is 10.1. The normalized spacial score (nSPS) is 14.6. The largest absolute Gasteiger partial charge is 0.491 e. The first-order chi connectivity index (χ1) is 22.0. The molecule has 0 saturated heterocycles. The quantitative estimate of drug-likeness (QED) is 0.104. The molecule has 10 nitrogen and oxygen atoms in total. The predicted octanol–water partition coefficient (Wildman–Crippen LogP) is 6.49. The first-order valence-electron chi connectivity index (χ1n) is 14.3. The number of nitrogens with zero attached hydrogens (tertiary/aromatic N) is 3. The summed E-state index contributed by atoms with van der Waals surface area (Å²) in [4.78, 5) is 43.9. The number of halogens is 2. The van der Waals surface area contributed by atoms with Crippen LogP contribution < -0.4 is 24.4 Å². The third-order valence-electron chi connectivity index (χ3n) is 6.96. The zero-order valence-electron chi connectivity index (χ0n) is 25.3. The van der Waals surface area contributed by atoms with Gasteiger partial charge < -0.3 is 14.2 Å². The first-order valence-corrected chi connectivity index (χ1v) is 16.3. The van der Waals surface area contributed by atoms with Crippen molar-refractivity contribution in [2.75, 3.05) is 6.61 Å². The van der Waals surface area contributed by atoms with E-state index in [1.165, 1.54) is 10.6 Å². The lowest BCUT2D eigenvalue weighted by molar-refractivity contribution is -0.386. The second kappa shape index (κ2) is 14.0. The lowest BCUT2D eigenvalue weighted by Crippen LogP contribution is -2.40. The van der Waals surface area contributed by atoms with Crippen LogP contribution in [0.5, 0.6) is 11.5 Å². The number of nitro benzene ring substituents is 1. The van der Waals surface area contributed by atoms with Crippen LogP contribution >= 0.6 is 38.9 Å². The molecule has 1 atom stereocenters. The van der Waals surface area contributed by atoms with Gasteiger partial charge in [-0.05, 0) is 73.5 Å². The van der Waals surface area contributed by atoms with E-state index in [1.807, 2.05) is 26.0 Å². The van der Waals surface area contributed by atoms with Crippen LogP contribution in [0.15, 0.2) is 86.2 Å². The SMILES string of the molecule is CCOC(=O)C1=C(C)N=c2s/c(=C\c3cc(Br)c(OCc4ccccc4Cl)c([N+](=O)[O-])c3)c(=O)n2[C@@H]1c1ccccc1OC(C)C. The van der Waals surface area contributed by atoms with E-state index in [-0.39, 0.29) is 40.9 Å². The van der Waals surface area contributed by atoms with Gasteiger partial charge in [0.15, 0.2) is 4.80 Å². The van der Waals surface area contributed by atoms with Gasteiger partial charge in [0, 0.05) is 22.2 Å². The Bertz CT molecular complexity index is 2050. The Morgan fingerprint density at radius 3 is 2.61 bits per heavy atom. The van der Waals surface area contributed by atoms with E-state index < -0.39 is 22.5 Å². The smallest absolute Gasteiger partial charge is 0.338 e. The maximum Gasteiger partial charge on any atom is 0.338 e. The number of thiazole rings is 1. The summed E-state index contributed by atoms with van der Waals surface area (Å²) in [6.45, 7) is 7.34. The van der Waals surface area contributed by atoms with Crippen LogP contribution in [-0.2, 0) is 16.1 Å². The molecule has 0 unspecified atom stereocenters. The molecule has 46 heavy (non-hydrogen) atoms. The molecule has 2 heterocycles. The third kappa shape index (κ3) is 6.79. The van der Waals surface area contributed by atoms with Gasteiger partial charge in [-0.3, -0.25) is 19.5 Å². The fourth-order valence-electron chi connectivity index (χ4n) is 5.03. The van der Waals surface area contributed by atoms with Gasteiger partial charge in [0.1, 0.15) is 18.4 Å². The van der Waals surface area contributed by atoms with Crippen LogP contribution in [0.4, 0.5) is 5.69 Å². The highest BCUT2D eigenvalue weighted by Crippen LogP contribution is 2.38. The number of aromatic nitrogens is 1. The minimum absolute atomic E-state index is 0.0151. The lowest BCUT2D eigenvalue weighted by Gasteiger charge is -2.26. The molecular formula is C33H29BrClN3O7S. The van der Waals surface area contributed by atoms with E-state index >= 15 is 0 Å². The maximum absolute atomic E-state index is 14.1. The van der Waals surface area contributed by atoms with Crippen LogP contribution in [0.2, 0.25) is 5.02 Å². The molecule has 238 valence electrons. The second-order valence-corrected chi connectivity index (χ2v) is 12.8. The molecule has 0 spiro atoms. The van der Waals surface area contributed by atoms with Crippen LogP contribution in [0.3, 0.4) is 0 Å².